The van der Waals surface area contributed by atoms with Gasteiger partial charge < -0.3 is 9.73 Å². The highest BCUT2D eigenvalue weighted by Gasteiger charge is 2.21. The molecule has 0 spiro atoms. The second-order valence-corrected chi connectivity index (χ2v) is 12.9. The quantitative estimate of drug-likeness (QED) is 0.583. The van der Waals surface area contributed by atoms with Crippen LogP contribution in [0.4, 0.5) is 24.4 Å². The zero-order valence-corrected chi connectivity index (χ0v) is 17.2. The third-order valence-corrected chi connectivity index (χ3v) is 6.19. The molecule has 2 aromatic heterocycles. The molecule has 0 fully saturated rings. The summed E-state index contributed by atoms with van der Waals surface area (Å²) in [5.41, 5.74) is -0.515. The number of oxazole rings is 1. The molecule has 0 saturated heterocycles. The minimum Gasteiger partial charge on any atom is -0.447 e. The van der Waals surface area contributed by atoms with Gasteiger partial charge in [0.1, 0.15) is 30.8 Å². The van der Waals surface area contributed by atoms with Gasteiger partial charge in [-0.3, -0.25) is 5.32 Å². The molecule has 0 aliphatic rings. The monoisotopic (exact) mass is 420 g/mol. The van der Waals surface area contributed by atoms with Gasteiger partial charge in [0.15, 0.2) is 5.13 Å². The van der Waals surface area contributed by atoms with Crippen LogP contribution < -0.4 is 16.0 Å². The van der Waals surface area contributed by atoms with Crippen molar-refractivity contribution in [3.05, 3.63) is 53.0 Å². The van der Waals surface area contributed by atoms with Crippen molar-refractivity contribution in [2.75, 3.05) is 10.6 Å². The van der Waals surface area contributed by atoms with Gasteiger partial charge in [0.2, 0.25) is 5.89 Å². The van der Waals surface area contributed by atoms with E-state index in [0.717, 1.165) is 22.4 Å². The summed E-state index contributed by atoms with van der Waals surface area (Å²) in [6.45, 7) is 6.50. The van der Waals surface area contributed by atoms with Crippen LogP contribution in [0.2, 0.25) is 19.6 Å². The lowest BCUT2D eigenvalue weighted by atomic mass is 10.3. The third-order valence-electron chi connectivity index (χ3n) is 3.60. The molecule has 2 N–H and O–H groups in total. The van der Waals surface area contributed by atoms with Gasteiger partial charge in [0.25, 0.3) is 0 Å². The predicted octanol–water partition coefficient (Wildman–Crippen LogP) is 4.77. The fraction of sp³-hybridized carbons (Fsp3) is 0.167. The highest BCUT2D eigenvalue weighted by atomic mass is 32.1. The Balaban J connectivity index is 1.62. The number of rotatable bonds is 5. The SMILES string of the molecule is C[Si](C)(C)c1cnc(/C=C/c2cnc(NC(=O)Nc3c(F)cccc3F)s2)o1. The van der Waals surface area contributed by atoms with Crippen LogP contribution in [0.15, 0.2) is 35.0 Å². The molecule has 2 heterocycles. The van der Waals surface area contributed by atoms with Gasteiger partial charge in [0.05, 0.1) is 6.20 Å². The lowest BCUT2D eigenvalue weighted by molar-refractivity contribution is 0.262. The third kappa shape index (κ3) is 4.90. The Morgan fingerprint density at radius 3 is 2.46 bits per heavy atom. The number of benzene rings is 1. The Labute approximate surface area is 165 Å². The van der Waals surface area contributed by atoms with Gasteiger partial charge in [-0.05, 0) is 18.2 Å². The molecule has 0 aliphatic carbocycles. The summed E-state index contributed by atoms with van der Waals surface area (Å²) >= 11 is 1.19. The summed E-state index contributed by atoms with van der Waals surface area (Å²) in [6, 6.07) is 2.54. The average Bonchev–Trinajstić information content (AvgIpc) is 3.25. The van der Waals surface area contributed by atoms with E-state index in [1.807, 2.05) is 0 Å². The van der Waals surface area contributed by atoms with Gasteiger partial charge in [0, 0.05) is 17.2 Å². The van der Waals surface area contributed by atoms with E-state index in [-0.39, 0.29) is 5.13 Å². The molecule has 10 heteroatoms. The number of nitrogens with zero attached hydrogens (tertiary/aromatic N) is 2. The standard InChI is InChI=1S/C18H18F2N4O2SSi/c1-28(2,3)15-10-21-14(26-15)8-7-11-9-22-18(27-11)24-17(25)23-16-12(19)5-4-6-13(16)20/h4-10H,1-3H3,(H2,22,23,24,25)/b8-7+. The van der Waals surface area contributed by atoms with Crippen molar-refractivity contribution in [3.63, 3.8) is 0 Å². The molecule has 0 radical (unpaired) electrons. The van der Waals surface area contributed by atoms with E-state index >= 15 is 0 Å². The van der Waals surface area contributed by atoms with E-state index in [9.17, 15) is 13.6 Å². The minimum absolute atomic E-state index is 0.282. The van der Waals surface area contributed by atoms with Gasteiger partial charge in [-0.15, -0.1) is 0 Å². The zero-order chi connectivity index (χ0) is 20.3. The van der Waals surface area contributed by atoms with Gasteiger partial charge >= 0.3 is 6.03 Å². The summed E-state index contributed by atoms with van der Waals surface area (Å²) in [5, 5.41) is 5.78. The highest BCUT2D eigenvalue weighted by Crippen LogP contribution is 2.22. The van der Waals surface area contributed by atoms with Crippen molar-refractivity contribution in [3.8, 4) is 0 Å². The fourth-order valence-corrected chi connectivity index (χ4v) is 3.72. The van der Waals surface area contributed by atoms with Crippen molar-refractivity contribution in [1.82, 2.24) is 9.97 Å². The van der Waals surface area contributed by atoms with Crippen molar-refractivity contribution >= 4 is 53.8 Å². The number of thiazole rings is 1. The smallest absolute Gasteiger partial charge is 0.325 e. The molecule has 3 rings (SSSR count). The Hall–Kier alpha value is -2.85. The average molecular weight is 421 g/mol. The maximum atomic E-state index is 13.6. The number of urea groups is 1. The Morgan fingerprint density at radius 1 is 1.11 bits per heavy atom. The number of hydrogen-bond acceptors (Lipinski definition) is 5. The van der Waals surface area contributed by atoms with Gasteiger partial charge in [-0.25, -0.2) is 23.5 Å². The lowest BCUT2D eigenvalue weighted by Crippen LogP contribution is -2.36. The number of aromatic nitrogens is 2. The van der Waals surface area contributed by atoms with Crippen LogP contribution in [0.1, 0.15) is 10.8 Å². The number of nitrogens with one attached hydrogen (secondary N) is 2. The summed E-state index contributed by atoms with van der Waals surface area (Å²) in [7, 11) is -1.56. The lowest BCUT2D eigenvalue weighted by Gasteiger charge is -2.09. The summed E-state index contributed by atoms with van der Waals surface area (Å²) < 4.78 is 32.9. The molecule has 0 saturated carbocycles. The first-order valence-electron chi connectivity index (χ1n) is 8.34. The van der Waals surface area contributed by atoms with Crippen molar-refractivity contribution in [2.45, 2.75) is 19.6 Å². The molecule has 2 amide bonds. The second kappa shape index (κ2) is 8.03. The number of carbonyl (C=O) groups is 1. The van der Waals surface area contributed by atoms with Crippen LogP contribution in [-0.2, 0) is 0 Å². The second-order valence-electron chi connectivity index (χ2n) is 6.89. The Kier molecular flexibility index (Phi) is 5.70. The topological polar surface area (TPSA) is 80.0 Å². The Bertz CT molecular complexity index is 1010. The van der Waals surface area contributed by atoms with Crippen molar-refractivity contribution in [1.29, 1.82) is 0 Å². The van der Waals surface area contributed by atoms with E-state index < -0.39 is 31.4 Å². The number of halogens is 2. The molecule has 0 atom stereocenters. The maximum Gasteiger partial charge on any atom is 0.325 e. The molecular formula is C18H18F2N4O2SSi. The van der Waals surface area contributed by atoms with Gasteiger partial charge in [-0.1, -0.05) is 37.0 Å². The van der Waals surface area contributed by atoms with Crippen LogP contribution >= 0.6 is 11.3 Å². The van der Waals surface area contributed by atoms with Crippen LogP contribution in [0.5, 0.6) is 0 Å². The van der Waals surface area contributed by atoms with Gasteiger partial charge in [-0.2, -0.15) is 0 Å². The van der Waals surface area contributed by atoms with Crippen LogP contribution in [-0.4, -0.2) is 24.1 Å². The molecule has 0 aliphatic heterocycles. The Morgan fingerprint density at radius 2 is 1.82 bits per heavy atom. The molecule has 6 nitrogen and oxygen atoms in total. The fourth-order valence-electron chi connectivity index (χ4n) is 2.15. The number of hydrogen-bond donors (Lipinski definition) is 2. The van der Waals surface area contributed by atoms with E-state index in [1.165, 1.54) is 17.4 Å². The molecule has 0 unspecified atom stereocenters. The number of amides is 2. The highest BCUT2D eigenvalue weighted by molar-refractivity contribution is 7.16. The molecule has 3 aromatic rings. The normalized spacial score (nSPS) is 11.8. The number of carbonyl (C=O) groups excluding carboxylic acids is 1. The number of anilines is 2. The molecule has 0 bridgehead atoms. The first-order chi connectivity index (χ1) is 13.2. The summed E-state index contributed by atoms with van der Waals surface area (Å²) in [6.07, 6.45) is 6.79. The van der Waals surface area contributed by atoms with E-state index in [1.54, 1.807) is 24.5 Å². The maximum absolute atomic E-state index is 13.6. The van der Waals surface area contributed by atoms with Crippen molar-refractivity contribution < 1.29 is 18.0 Å². The molecule has 146 valence electrons. The molecular weight excluding hydrogens is 402 g/mol. The molecule has 1 aromatic carbocycles. The van der Waals surface area contributed by atoms with E-state index in [4.69, 9.17) is 4.42 Å². The van der Waals surface area contributed by atoms with Crippen LogP contribution in [0, 0.1) is 11.6 Å². The molecule has 28 heavy (non-hydrogen) atoms. The zero-order valence-electron chi connectivity index (χ0n) is 15.4. The van der Waals surface area contributed by atoms with Crippen molar-refractivity contribution in [2.24, 2.45) is 0 Å². The first-order valence-corrected chi connectivity index (χ1v) is 12.7. The summed E-state index contributed by atoms with van der Waals surface area (Å²) in [4.78, 5) is 21.0. The largest absolute Gasteiger partial charge is 0.447 e. The minimum atomic E-state index is -1.56. The number of para-hydroxylation sites is 1. The first kappa shape index (κ1) is 19.9. The van der Waals surface area contributed by atoms with Crippen LogP contribution in [0.3, 0.4) is 0 Å². The summed E-state index contributed by atoms with van der Waals surface area (Å²) in [5.74, 6) is -1.23. The van der Waals surface area contributed by atoms with E-state index in [2.05, 4.69) is 40.2 Å². The van der Waals surface area contributed by atoms with Crippen LogP contribution in [0.25, 0.3) is 12.2 Å². The van der Waals surface area contributed by atoms with E-state index in [0.29, 0.717) is 5.89 Å². The predicted molar refractivity (Wildman–Crippen MR) is 110 cm³/mol.